The maximum Gasteiger partial charge on any atom is 0.506 e. The van der Waals surface area contributed by atoms with E-state index in [1.54, 1.807) is 0 Å². The molecule has 0 bridgehead atoms. The third-order valence-electron chi connectivity index (χ3n) is 8.21. The largest absolute Gasteiger partial charge is 0.506 e. The quantitative estimate of drug-likeness (QED) is 0.0687. The summed E-state index contributed by atoms with van der Waals surface area (Å²) in [6, 6.07) is 0. The summed E-state index contributed by atoms with van der Waals surface area (Å²) in [6.45, 7) is 9.16. The Bertz CT molecular complexity index is 691. The first-order valence-corrected chi connectivity index (χ1v) is 19.6. The second-order valence-corrected chi connectivity index (χ2v) is 14.8. The molecule has 256 valence electrons. The molecular weight excluding hydrogens is 560 g/mol. The number of carbonyl (C=O) groups is 2. The van der Waals surface area contributed by atoms with Gasteiger partial charge in [-0.05, 0) is 24.7 Å². The summed E-state index contributed by atoms with van der Waals surface area (Å²) in [4.78, 5) is 23.8. The van der Waals surface area contributed by atoms with Crippen LogP contribution in [0.15, 0.2) is 0 Å². The fourth-order valence-corrected chi connectivity index (χ4v) is 6.16. The summed E-state index contributed by atoms with van der Waals surface area (Å²) >= 11 is 0. The Morgan fingerprint density at radius 3 is 0.837 bits per heavy atom. The highest BCUT2D eigenvalue weighted by molar-refractivity contribution is 7.82. The van der Waals surface area contributed by atoms with Crippen LogP contribution < -0.4 is 0 Å². The van der Waals surface area contributed by atoms with E-state index in [4.69, 9.17) is 0 Å². The van der Waals surface area contributed by atoms with Crippen molar-refractivity contribution >= 4 is 22.3 Å². The Morgan fingerprint density at radius 2 is 0.605 bits per heavy atom. The summed E-state index contributed by atoms with van der Waals surface area (Å²) in [7, 11) is -4.62. The number of carbonyl (C=O) groups excluding carboxylic acids is 2. The lowest BCUT2D eigenvalue weighted by molar-refractivity contribution is -0.138. The van der Waals surface area contributed by atoms with Crippen molar-refractivity contribution in [3.63, 3.8) is 0 Å². The molecule has 0 aliphatic rings. The molecule has 0 N–H and O–H groups in total. The van der Waals surface area contributed by atoms with E-state index in [1.807, 2.05) is 0 Å². The fourth-order valence-electron chi connectivity index (χ4n) is 5.51. The van der Waals surface area contributed by atoms with Crippen molar-refractivity contribution in [2.45, 2.75) is 207 Å². The van der Waals surface area contributed by atoms with Crippen molar-refractivity contribution in [2.24, 2.45) is 11.8 Å². The van der Waals surface area contributed by atoms with Crippen LogP contribution >= 0.6 is 0 Å². The smallest absolute Gasteiger partial charge is 0.316 e. The van der Waals surface area contributed by atoms with Crippen molar-refractivity contribution in [1.82, 2.24) is 0 Å². The van der Waals surface area contributed by atoms with E-state index >= 15 is 0 Å². The Hall–Kier alpha value is -1.11. The molecular formula is C36H70O6S. The van der Waals surface area contributed by atoms with Gasteiger partial charge in [0.25, 0.3) is 0 Å². The molecule has 7 heteroatoms. The first-order valence-electron chi connectivity index (χ1n) is 18.3. The third kappa shape index (κ3) is 33.6. The van der Waals surface area contributed by atoms with Crippen molar-refractivity contribution in [3.05, 3.63) is 0 Å². The topological polar surface area (TPSA) is 86.7 Å². The minimum Gasteiger partial charge on any atom is -0.316 e. The molecule has 0 spiro atoms. The number of unbranched alkanes of at least 4 members (excludes halogenated alkanes) is 22. The monoisotopic (exact) mass is 630 g/mol. The van der Waals surface area contributed by atoms with Gasteiger partial charge in [0, 0.05) is 12.8 Å². The second-order valence-electron chi connectivity index (χ2n) is 13.7. The van der Waals surface area contributed by atoms with Crippen LogP contribution in [0.4, 0.5) is 0 Å². The average molecular weight is 631 g/mol. The molecule has 0 aromatic heterocycles. The maximum absolute atomic E-state index is 11.9. The minimum atomic E-state index is -4.62. The minimum absolute atomic E-state index is 0.0197. The normalized spacial score (nSPS) is 11.9. The van der Waals surface area contributed by atoms with Crippen LogP contribution in [0.5, 0.6) is 0 Å². The van der Waals surface area contributed by atoms with E-state index < -0.39 is 22.3 Å². The zero-order valence-electron chi connectivity index (χ0n) is 28.8. The molecule has 0 aliphatic heterocycles. The van der Waals surface area contributed by atoms with Crippen LogP contribution in [0.1, 0.15) is 207 Å². The molecule has 6 nitrogen and oxygen atoms in total. The van der Waals surface area contributed by atoms with Gasteiger partial charge >= 0.3 is 22.3 Å². The summed E-state index contributed by atoms with van der Waals surface area (Å²) in [5.41, 5.74) is 0. The Balaban J connectivity index is 3.55. The molecule has 0 amide bonds. The lowest BCUT2D eigenvalue weighted by atomic mass is 10.0. The van der Waals surface area contributed by atoms with Gasteiger partial charge in [0.2, 0.25) is 0 Å². The van der Waals surface area contributed by atoms with E-state index in [1.165, 1.54) is 116 Å². The van der Waals surface area contributed by atoms with Crippen LogP contribution in [-0.4, -0.2) is 20.4 Å². The van der Waals surface area contributed by atoms with Gasteiger partial charge in [-0.15, -0.1) is 8.42 Å². The van der Waals surface area contributed by atoms with Gasteiger partial charge in [0.15, 0.2) is 0 Å². The van der Waals surface area contributed by atoms with Gasteiger partial charge in [0.1, 0.15) is 0 Å². The molecule has 0 saturated carbocycles. The van der Waals surface area contributed by atoms with Crippen LogP contribution in [0.25, 0.3) is 0 Å². The number of rotatable bonds is 32. The SMILES string of the molecule is CC(C)CCCCCCCCCCCCCCC(=O)OS(=O)(=O)OC(=O)CCCCCCCCCCCCCCC(C)C. The van der Waals surface area contributed by atoms with Crippen LogP contribution in [0.3, 0.4) is 0 Å². The number of hydrogen-bond acceptors (Lipinski definition) is 6. The summed E-state index contributed by atoms with van der Waals surface area (Å²) < 4.78 is 32.7. The molecule has 0 unspecified atom stereocenters. The van der Waals surface area contributed by atoms with Crippen LogP contribution in [0.2, 0.25) is 0 Å². The highest BCUT2D eigenvalue weighted by Crippen LogP contribution is 2.16. The zero-order chi connectivity index (χ0) is 32.0. The lowest BCUT2D eigenvalue weighted by Crippen LogP contribution is -2.19. The maximum atomic E-state index is 11.9. The summed E-state index contributed by atoms with van der Waals surface area (Å²) in [6.07, 6.45) is 31.0. The van der Waals surface area contributed by atoms with E-state index in [0.29, 0.717) is 12.8 Å². The molecule has 0 aliphatic carbocycles. The van der Waals surface area contributed by atoms with Gasteiger partial charge in [-0.2, -0.15) is 0 Å². The molecule has 0 atom stereocenters. The van der Waals surface area contributed by atoms with Crippen molar-refractivity contribution < 1.29 is 26.4 Å². The average Bonchev–Trinajstić information content (AvgIpc) is 2.92. The molecule has 0 heterocycles. The highest BCUT2D eigenvalue weighted by atomic mass is 32.3. The predicted molar refractivity (Wildman–Crippen MR) is 180 cm³/mol. The predicted octanol–water partition coefficient (Wildman–Crippen LogP) is 11.6. The summed E-state index contributed by atoms with van der Waals surface area (Å²) in [5, 5.41) is 0. The molecule has 0 radical (unpaired) electrons. The fraction of sp³-hybridized carbons (Fsp3) is 0.944. The Morgan fingerprint density at radius 1 is 0.395 bits per heavy atom. The number of hydrogen-bond donors (Lipinski definition) is 0. The van der Waals surface area contributed by atoms with Crippen LogP contribution in [0, 0.1) is 11.8 Å². The van der Waals surface area contributed by atoms with Crippen molar-refractivity contribution in [3.8, 4) is 0 Å². The second kappa shape index (κ2) is 29.6. The van der Waals surface area contributed by atoms with Crippen molar-refractivity contribution in [1.29, 1.82) is 0 Å². The molecule has 0 aromatic rings. The van der Waals surface area contributed by atoms with Gasteiger partial charge in [-0.1, -0.05) is 182 Å². The Labute approximate surface area is 267 Å². The molecule has 43 heavy (non-hydrogen) atoms. The van der Waals surface area contributed by atoms with Gasteiger partial charge in [-0.3, -0.25) is 9.59 Å². The standard InChI is InChI=1S/C36H70O6S/c1-33(2)29-25-21-17-13-9-5-7-11-15-19-23-27-31-35(37)41-43(39,40)42-36(38)32-28-24-20-16-12-8-6-10-14-18-22-26-30-34(3)4/h33-34H,5-32H2,1-4H3. The van der Waals surface area contributed by atoms with E-state index in [-0.39, 0.29) is 12.8 Å². The van der Waals surface area contributed by atoms with E-state index in [9.17, 15) is 18.0 Å². The molecule has 0 rings (SSSR count). The van der Waals surface area contributed by atoms with E-state index in [2.05, 4.69) is 36.1 Å². The molecule has 0 aromatic carbocycles. The third-order valence-corrected chi connectivity index (χ3v) is 8.99. The first-order chi connectivity index (χ1) is 20.6. The van der Waals surface area contributed by atoms with Gasteiger partial charge < -0.3 is 8.37 Å². The van der Waals surface area contributed by atoms with Gasteiger partial charge in [0.05, 0.1) is 0 Å². The van der Waals surface area contributed by atoms with Gasteiger partial charge in [-0.25, -0.2) is 0 Å². The summed E-state index contributed by atoms with van der Waals surface area (Å²) in [5.74, 6) is -0.0672. The van der Waals surface area contributed by atoms with Crippen LogP contribution in [-0.2, 0) is 28.4 Å². The highest BCUT2D eigenvalue weighted by Gasteiger charge is 2.22. The molecule has 0 fully saturated rings. The Kier molecular flexibility index (Phi) is 28.8. The van der Waals surface area contributed by atoms with Crippen molar-refractivity contribution in [2.75, 3.05) is 0 Å². The van der Waals surface area contributed by atoms with E-state index in [0.717, 1.165) is 50.4 Å². The molecule has 0 saturated heterocycles. The zero-order valence-corrected chi connectivity index (χ0v) is 29.6. The lowest BCUT2D eigenvalue weighted by Gasteiger charge is -2.06. The first kappa shape index (κ1) is 41.9.